The molecule has 0 aliphatic rings. The zero-order chi connectivity index (χ0) is 33.9. The first-order valence-corrected chi connectivity index (χ1v) is 17.6. The highest BCUT2D eigenvalue weighted by Gasteiger charge is 2.07. The van der Waals surface area contributed by atoms with Gasteiger partial charge in [-0.1, -0.05) is 25.0 Å². The molecule has 12 heteroatoms. The summed E-state index contributed by atoms with van der Waals surface area (Å²) < 4.78 is 13.6. The fraction of sp³-hybridized carbons (Fsp3) is 0.529. The molecule has 8 N–H and O–H groups in total. The van der Waals surface area contributed by atoms with Crippen LogP contribution in [0.1, 0.15) is 49.7 Å². The highest BCUT2D eigenvalue weighted by atomic mass is 79.9. The average Bonchev–Trinajstić information content (AvgIpc) is 2.98. The van der Waals surface area contributed by atoms with Gasteiger partial charge in [0.15, 0.2) is 0 Å². The highest BCUT2D eigenvalue weighted by Crippen LogP contribution is 2.27. The number of hydrazine groups is 2. The fourth-order valence-electron chi connectivity index (χ4n) is 4.52. The van der Waals surface area contributed by atoms with Crippen molar-refractivity contribution in [3.63, 3.8) is 0 Å². The first-order valence-electron chi connectivity index (χ1n) is 16.0. The summed E-state index contributed by atoms with van der Waals surface area (Å²) in [5, 5.41) is 3.34. The molecule has 0 aliphatic carbocycles. The number of nitrogens with zero attached hydrogens (tertiary/aromatic N) is 4. The molecule has 0 amide bonds. The van der Waals surface area contributed by atoms with Gasteiger partial charge in [0.05, 0.1) is 8.95 Å². The van der Waals surface area contributed by atoms with E-state index in [-0.39, 0.29) is 0 Å². The molecule has 0 radical (unpaired) electrons. The molecule has 2 aromatic rings. The Morgan fingerprint density at radius 3 is 1.37 bits per heavy atom. The van der Waals surface area contributed by atoms with E-state index in [1.54, 1.807) is 10.0 Å². The van der Waals surface area contributed by atoms with Crippen molar-refractivity contribution >= 4 is 31.9 Å². The van der Waals surface area contributed by atoms with Gasteiger partial charge in [0.1, 0.15) is 24.7 Å². The van der Waals surface area contributed by atoms with Crippen LogP contribution in [-0.2, 0) is 12.8 Å². The molecule has 0 saturated carbocycles. The van der Waals surface area contributed by atoms with Crippen molar-refractivity contribution in [1.82, 2.24) is 19.8 Å². The summed E-state index contributed by atoms with van der Waals surface area (Å²) in [7, 11) is 8.12. The molecular formula is C34H56Br2N8O2. The quantitative estimate of drug-likeness (QED) is 0.0682. The zero-order valence-corrected chi connectivity index (χ0v) is 31.4. The maximum Gasteiger partial charge on any atom is 0.133 e. The Balaban J connectivity index is 1.59. The van der Waals surface area contributed by atoms with E-state index < -0.39 is 0 Å². The molecule has 0 spiro atoms. The van der Waals surface area contributed by atoms with Gasteiger partial charge in [-0.25, -0.2) is 11.7 Å². The van der Waals surface area contributed by atoms with Crippen molar-refractivity contribution in [2.45, 2.75) is 51.4 Å². The Hall–Kier alpha value is -2.48. The monoisotopic (exact) mass is 766 g/mol. The summed E-state index contributed by atoms with van der Waals surface area (Å²) >= 11 is 7.23. The molecule has 0 aromatic heterocycles. The predicted octanol–water partition coefficient (Wildman–Crippen LogP) is 5.17. The number of rotatable bonds is 23. The lowest BCUT2D eigenvalue weighted by Gasteiger charge is -2.16. The number of hydrogen-bond acceptors (Lipinski definition) is 10. The molecule has 0 atom stereocenters. The van der Waals surface area contributed by atoms with Crippen LogP contribution in [0, 0.1) is 0 Å². The molecule has 0 aliphatic heterocycles. The number of halogens is 2. The largest absolute Gasteiger partial charge is 0.491 e. The summed E-state index contributed by atoms with van der Waals surface area (Å²) in [6.07, 6.45) is 11.1. The highest BCUT2D eigenvalue weighted by molar-refractivity contribution is 9.10. The van der Waals surface area contributed by atoms with Crippen LogP contribution in [0.3, 0.4) is 0 Å². The summed E-state index contributed by atoms with van der Waals surface area (Å²) in [6, 6.07) is 12.3. The number of nitrogens with two attached hydrogens (primary N) is 4. The molecule has 258 valence electrons. The zero-order valence-electron chi connectivity index (χ0n) is 28.2. The topological polar surface area (TPSA) is 136 Å². The third-order valence-electron chi connectivity index (χ3n) is 7.25. The third kappa shape index (κ3) is 17.4. The van der Waals surface area contributed by atoms with Gasteiger partial charge >= 0.3 is 0 Å². The van der Waals surface area contributed by atoms with Gasteiger partial charge in [-0.15, -0.1) is 0 Å². The van der Waals surface area contributed by atoms with Gasteiger partial charge in [-0.05, 0) is 134 Å². The van der Waals surface area contributed by atoms with E-state index in [9.17, 15) is 0 Å². The van der Waals surface area contributed by atoms with Gasteiger partial charge < -0.3 is 40.8 Å². The van der Waals surface area contributed by atoms with Gasteiger partial charge in [0, 0.05) is 50.0 Å². The summed E-state index contributed by atoms with van der Waals surface area (Å²) in [5.74, 6) is 14.1. The van der Waals surface area contributed by atoms with Crippen molar-refractivity contribution in [3.05, 3.63) is 80.3 Å². The molecule has 10 nitrogen and oxygen atoms in total. The van der Waals surface area contributed by atoms with Crippen molar-refractivity contribution in [3.8, 4) is 11.5 Å². The van der Waals surface area contributed by atoms with E-state index in [1.807, 2.05) is 52.7 Å². The molecule has 2 aromatic carbocycles. The van der Waals surface area contributed by atoms with Crippen molar-refractivity contribution in [1.29, 1.82) is 0 Å². The second-order valence-electron chi connectivity index (χ2n) is 12.1. The van der Waals surface area contributed by atoms with Crippen molar-refractivity contribution in [2.75, 3.05) is 67.6 Å². The number of ether oxygens (including phenoxy) is 2. The Morgan fingerprint density at radius 2 is 1.02 bits per heavy atom. The van der Waals surface area contributed by atoms with Gasteiger partial charge in [0.25, 0.3) is 0 Å². The molecule has 0 unspecified atom stereocenters. The van der Waals surface area contributed by atoms with E-state index in [0.717, 1.165) is 96.3 Å². The maximum absolute atomic E-state index is 6.24. The van der Waals surface area contributed by atoms with Crippen LogP contribution in [0.15, 0.2) is 69.1 Å². The van der Waals surface area contributed by atoms with E-state index in [1.165, 1.54) is 11.1 Å². The standard InChI is InChI=1S/C34H56Br2N8O2/c1-41(2)19-21-45-33-13-11-27(23-31(33)35)15-17-43(39)25-29(37)9-7-5-6-8-10-30(38)26-44(40)18-16-28-12-14-34(32(36)24-28)46-22-20-42(3)4/h11-14,23-26H,5-10,15-22,37-40H2,1-4H3/b29-25-,30-26-. The molecule has 2 rings (SSSR count). The van der Waals surface area contributed by atoms with Gasteiger partial charge in [-0.2, -0.15) is 0 Å². The minimum absolute atomic E-state index is 0.647. The van der Waals surface area contributed by atoms with Crippen LogP contribution in [0.2, 0.25) is 0 Å². The number of allylic oxidation sites excluding steroid dienone is 2. The van der Waals surface area contributed by atoms with Crippen molar-refractivity contribution < 1.29 is 9.47 Å². The van der Waals surface area contributed by atoms with E-state index in [2.05, 4.69) is 65.9 Å². The number of unbranched alkanes of at least 4 members (excludes halogenated alkanes) is 3. The molecule has 46 heavy (non-hydrogen) atoms. The summed E-state index contributed by atoms with van der Waals surface area (Å²) in [5.41, 5.74) is 16.4. The Kier molecular flexibility index (Phi) is 19.1. The molecular weight excluding hydrogens is 712 g/mol. The van der Waals surface area contributed by atoms with Gasteiger partial charge in [0.2, 0.25) is 0 Å². The van der Waals surface area contributed by atoms with E-state index in [0.29, 0.717) is 26.3 Å². The smallest absolute Gasteiger partial charge is 0.133 e. The number of hydrogen-bond donors (Lipinski definition) is 4. The van der Waals surface area contributed by atoms with Crippen LogP contribution >= 0.6 is 31.9 Å². The Morgan fingerprint density at radius 1 is 0.630 bits per heavy atom. The summed E-state index contributed by atoms with van der Waals surface area (Å²) in [4.78, 5) is 4.19. The van der Waals surface area contributed by atoms with Crippen LogP contribution in [0.4, 0.5) is 0 Å². The second-order valence-corrected chi connectivity index (χ2v) is 13.8. The lowest BCUT2D eigenvalue weighted by molar-refractivity contribution is 0.260. The normalized spacial score (nSPS) is 12.2. The first kappa shape index (κ1) is 39.7. The van der Waals surface area contributed by atoms with Gasteiger partial charge in [-0.3, -0.25) is 0 Å². The molecule has 0 bridgehead atoms. The third-order valence-corrected chi connectivity index (χ3v) is 8.49. The minimum Gasteiger partial charge on any atom is -0.491 e. The number of likely N-dealkylation sites (N-methyl/N-ethyl adjacent to an activating group) is 2. The van der Waals surface area contributed by atoms with Crippen LogP contribution in [-0.4, -0.2) is 87.4 Å². The average molecular weight is 769 g/mol. The maximum atomic E-state index is 6.24. The van der Waals surface area contributed by atoms with E-state index >= 15 is 0 Å². The first-order chi connectivity index (χ1) is 21.9. The Labute approximate surface area is 293 Å². The Bertz CT molecular complexity index is 1130. The van der Waals surface area contributed by atoms with Crippen LogP contribution in [0.25, 0.3) is 0 Å². The van der Waals surface area contributed by atoms with Crippen molar-refractivity contribution in [2.24, 2.45) is 23.2 Å². The predicted molar refractivity (Wildman–Crippen MR) is 198 cm³/mol. The molecule has 0 fully saturated rings. The van der Waals surface area contributed by atoms with E-state index in [4.69, 9.17) is 32.6 Å². The van der Waals surface area contributed by atoms with Crippen LogP contribution < -0.4 is 32.6 Å². The fourth-order valence-corrected chi connectivity index (χ4v) is 5.60. The molecule has 0 saturated heterocycles. The lowest BCUT2D eigenvalue weighted by atomic mass is 10.1. The lowest BCUT2D eigenvalue weighted by Crippen LogP contribution is -2.28. The number of benzene rings is 2. The summed E-state index contributed by atoms with van der Waals surface area (Å²) in [6.45, 7) is 4.38. The molecule has 0 heterocycles. The SMILES string of the molecule is CN(C)CCOc1ccc(CCN(N)/C=C(\N)CCCCCC/C(N)=C/N(N)CCc2ccc(OCCN(C)C)c(Br)c2)cc1Br. The van der Waals surface area contributed by atoms with Crippen LogP contribution in [0.5, 0.6) is 11.5 Å². The second kappa shape index (κ2) is 22.2. The minimum atomic E-state index is 0.647.